The van der Waals surface area contributed by atoms with Crippen molar-refractivity contribution in [3.05, 3.63) is 101 Å². The van der Waals surface area contributed by atoms with E-state index >= 15 is 4.39 Å². The van der Waals surface area contributed by atoms with E-state index in [0.717, 1.165) is 37.1 Å². The van der Waals surface area contributed by atoms with Crippen molar-refractivity contribution in [1.29, 1.82) is 0 Å². The number of amides is 1. The molecule has 0 aromatic heterocycles. The van der Waals surface area contributed by atoms with Crippen LogP contribution in [0.2, 0.25) is 0 Å². The number of sulfonamides is 1. The number of hydrogen-bond acceptors (Lipinski definition) is 5. The minimum atomic E-state index is -3.52. The SMILES string of the molecule is CS(=O)(=O)N1[C@@H](CCc2c(F)cccc2NC(=O)[C@@H](N)[C@@H](c2ccc(F)cc2)c2cc(F)cc(F)c2)CNC[C@@H]1C1CC1. The lowest BCUT2D eigenvalue weighted by Crippen LogP contribution is -2.59. The second-order valence-electron chi connectivity index (χ2n) is 11.4. The molecule has 2 fully saturated rings. The van der Waals surface area contributed by atoms with Crippen LogP contribution in [0.1, 0.15) is 41.9 Å². The summed E-state index contributed by atoms with van der Waals surface area (Å²) in [5, 5.41) is 5.98. The lowest BCUT2D eigenvalue weighted by Gasteiger charge is -2.41. The number of piperazine rings is 1. The number of rotatable bonds is 10. The number of halogens is 4. The van der Waals surface area contributed by atoms with Crippen molar-refractivity contribution in [3.63, 3.8) is 0 Å². The highest BCUT2D eigenvalue weighted by atomic mass is 32.2. The van der Waals surface area contributed by atoms with Gasteiger partial charge in [0.05, 0.1) is 12.3 Å². The fourth-order valence-corrected chi connectivity index (χ4v) is 7.55. The van der Waals surface area contributed by atoms with Crippen LogP contribution >= 0.6 is 0 Å². The molecule has 12 heteroatoms. The summed E-state index contributed by atoms with van der Waals surface area (Å²) in [5.41, 5.74) is 7.13. The molecule has 0 spiro atoms. The summed E-state index contributed by atoms with van der Waals surface area (Å²) < 4.78 is 84.2. The number of nitrogens with two attached hydrogens (primary N) is 1. The van der Waals surface area contributed by atoms with Gasteiger partial charge in [-0.2, -0.15) is 4.31 Å². The van der Waals surface area contributed by atoms with Crippen molar-refractivity contribution in [2.75, 3.05) is 24.7 Å². The molecule has 1 saturated carbocycles. The summed E-state index contributed by atoms with van der Waals surface area (Å²) in [4.78, 5) is 13.5. The zero-order valence-electron chi connectivity index (χ0n) is 23.6. The number of benzene rings is 3. The molecule has 4 atom stereocenters. The van der Waals surface area contributed by atoms with Crippen LogP contribution in [-0.4, -0.2) is 56.1 Å². The van der Waals surface area contributed by atoms with Crippen LogP contribution in [-0.2, 0) is 21.2 Å². The van der Waals surface area contributed by atoms with E-state index in [-0.39, 0.29) is 29.3 Å². The zero-order chi connectivity index (χ0) is 30.9. The van der Waals surface area contributed by atoms with E-state index in [1.807, 2.05) is 0 Å². The second kappa shape index (κ2) is 12.7. The number of nitrogens with zero attached hydrogens (tertiary/aromatic N) is 1. The average molecular weight is 619 g/mol. The van der Waals surface area contributed by atoms with Gasteiger partial charge in [0.1, 0.15) is 23.3 Å². The Kier molecular flexibility index (Phi) is 9.21. The predicted octanol–water partition coefficient (Wildman–Crippen LogP) is 4.29. The van der Waals surface area contributed by atoms with Crippen LogP contribution in [0.5, 0.6) is 0 Å². The first kappa shape index (κ1) is 31.1. The van der Waals surface area contributed by atoms with Gasteiger partial charge in [-0.1, -0.05) is 18.2 Å². The Labute approximate surface area is 248 Å². The first-order valence-corrected chi connectivity index (χ1v) is 16.0. The third kappa shape index (κ3) is 7.26. The highest BCUT2D eigenvalue weighted by Gasteiger charge is 2.44. The van der Waals surface area contributed by atoms with E-state index in [2.05, 4.69) is 10.6 Å². The summed E-state index contributed by atoms with van der Waals surface area (Å²) in [6.07, 6.45) is 3.56. The van der Waals surface area contributed by atoms with Gasteiger partial charge in [-0.15, -0.1) is 0 Å². The monoisotopic (exact) mass is 618 g/mol. The van der Waals surface area contributed by atoms with E-state index in [0.29, 0.717) is 37.1 Å². The van der Waals surface area contributed by atoms with Gasteiger partial charge in [0.15, 0.2) is 0 Å². The number of hydrogen-bond donors (Lipinski definition) is 3. The molecule has 3 aromatic rings. The quantitative estimate of drug-likeness (QED) is 0.294. The molecule has 1 saturated heterocycles. The van der Waals surface area contributed by atoms with E-state index < -0.39 is 57.2 Å². The standard InChI is InChI=1S/C31H34F4N4O3S/c1-43(41,42)39-24(16-37-17-28(39)18-5-6-18)11-12-25-26(35)3-2-4-27(25)38-31(40)30(36)29(19-7-9-21(32)10-8-19)20-13-22(33)15-23(34)14-20/h2-4,7-10,13-15,18,24,28-30,37H,5-6,11-12,16-17,36H2,1H3,(H,38,40)/t24-,28+,29-,30-/m0/s1. The normalized spacial score (nSPS) is 20.9. The Hall–Kier alpha value is -3.32. The minimum Gasteiger partial charge on any atom is -0.324 e. The van der Waals surface area contributed by atoms with Crippen molar-refractivity contribution in [2.24, 2.45) is 11.7 Å². The molecule has 1 aliphatic heterocycles. The van der Waals surface area contributed by atoms with Gasteiger partial charge in [-0.3, -0.25) is 4.79 Å². The highest BCUT2D eigenvalue weighted by molar-refractivity contribution is 7.88. The van der Waals surface area contributed by atoms with Crippen LogP contribution in [0.3, 0.4) is 0 Å². The van der Waals surface area contributed by atoms with Crippen molar-refractivity contribution in [1.82, 2.24) is 9.62 Å². The van der Waals surface area contributed by atoms with Gasteiger partial charge < -0.3 is 16.4 Å². The Morgan fingerprint density at radius 2 is 1.65 bits per heavy atom. The molecule has 0 unspecified atom stereocenters. The topological polar surface area (TPSA) is 105 Å². The van der Waals surface area contributed by atoms with E-state index in [4.69, 9.17) is 5.73 Å². The van der Waals surface area contributed by atoms with E-state index in [9.17, 15) is 26.4 Å². The minimum absolute atomic E-state index is 0.0714. The third-order valence-corrected chi connectivity index (χ3v) is 9.54. The molecule has 0 bridgehead atoms. The fraction of sp³-hybridized carbons (Fsp3) is 0.387. The Bertz CT molecular complexity index is 1560. The maximum Gasteiger partial charge on any atom is 0.242 e. The van der Waals surface area contributed by atoms with E-state index in [1.165, 1.54) is 36.6 Å². The molecule has 0 radical (unpaired) electrons. The van der Waals surface area contributed by atoms with Crippen LogP contribution in [0, 0.1) is 29.2 Å². The molecule has 5 rings (SSSR count). The van der Waals surface area contributed by atoms with Gasteiger partial charge in [-0.05, 0) is 79.1 Å². The molecular formula is C31H34F4N4O3S. The molecule has 43 heavy (non-hydrogen) atoms. The lowest BCUT2D eigenvalue weighted by molar-refractivity contribution is -0.117. The largest absolute Gasteiger partial charge is 0.324 e. The van der Waals surface area contributed by atoms with Gasteiger partial charge in [0.25, 0.3) is 0 Å². The first-order valence-electron chi connectivity index (χ1n) is 14.2. The Morgan fingerprint density at radius 3 is 2.28 bits per heavy atom. The molecule has 7 nitrogen and oxygen atoms in total. The van der Waals surface area contributed by atoms with Crippen molar-refractivity contribution >= 4 is 21.6 Å². The van der Waals surface area contributed by atoms with Crippen molar-refractivity contribution in [3.8, 4) is 0 Å². The van der Waals surface area contributed by atoms with Crippen molar-refractivity contribution in [2.45, 2.75) is 49.7 Å². The van der Waals surface area contributed by atoms with Gasteiger partial charge in [0.2, 0.25) is 15.9 Å². The molecule has 3 aromatic carbocycles. The van der Waals surface area contributed by atoms with Gasteiger partial charge in [-0.25, -0.2) is 26.0 Å². The third-order valence-electron chi connectivity index (χ3n) is 8.21. The number of carbonyl (C=O) groups is 1. The number of carbonyl (C=O) groups excluding carboxylic acids is 1. The van der Waals surface area contributed by atoms with E-state index in [1.54, 1.807) is 4.31 Å². The summed E-state index contributed by atoms with van der Waals surface area (Å²) in [6.45, 7) is 0.985. The number of nitrogens with one attached hydrogen (secondary N) is 2. The van der Waals surface area contributed by atoms with Crippen LogP contribution in [0.4, 0.5) is 23.2 Å². The second-order valence-corrected chi connectivity index (χ2v) is 13.2. The summed E-state index contributed by atoms with van der Waals surface area (Å²) in [5.74, 6) is -4.37. The average Bonchev–Trinajstić information content (AvgIpc) is 3.78. The summed E-state index contributed by atoms with van der Waals surface area (Å²) in [6, 6.07) is 10.1. The molecule has 4 N–H and O–H groups in total. The smallest absolute Gasteiger partial charge is 0.242 e. The van der Waals surface area contributed by atoms with Gasteiger partial charge >= 0.3 is 0 Å². The fourth-order valence-electron chi connectivity index (χ4n) is 6.09. The van der Waals surface area contributed by atoms with Gasteiger partial charge in [0, 0.05) is 48.4 Å². The highest BCUT2D eigenvalue weighted by Crippen LogP contribution is 2.38. The zero-order valence-corrected chi connectivity index (χ0v) is 24.4. The summed E-state index contributed by atoms with van der Waals surface area (Å²) in [7, 11) is -3.52. The van der Waals surface area contributed by atoms with Crippen LogP contribution in [0.15, 0.2) is 60.7 Å². The molecule has 1 aliphatic carbocycles. The molecular weight excluding hydrogens is 584 g/mol. The maximum atomic E-state index is 15.2. The van der Waals surface area contributed by atoms with Crippen LogP contribution < -0.4 is 16.4 Å². The molecule has 1 amide bonds. The first-order chi connectivity index (χ1) is 20.4. The lowest BCUT2D eigenvalue weighted by atomic mass is 9.84. The van der Waals surface area contributed by atoms with Crippen LogP contribution in [0.25, 0.3) is 0 Å². The molecule has 2 aliphatic rings. The summed E-state index contributed by atoms with van der Waals surface area (Å²) >= 11 is 0. The Balaban J connectivity index is 1.38. The Morgan fingerprint density at radius 1 is 0.977 bits per heavy atom. The van der Waals surface area contributed by atoms with Crippen molar-refractivity contribution < 1.29 is 30.8 Å². The number of anilines is 1. The molecule has 230 valence electrons. The maximum absolute atomic E-state index is 15.2. The molecule has 1 heterocycles. The predicted molar refractivity (Wildman–Crippen MR) is 156 cm³/mol.